The Morgan fingerprint density at radius 1 is 1.24 bits per heavy atom. The molecule has 1 amide bonds. The zero-order valence-electron chi connectivity index (χ0n) is 12.2. The minimum atomic E-state index is -1.06. The number of amides is 1. The van der Waals surface area contributed by atoms with Gasteiger partial charge in [0.1, 0.15) is 11.3 Å². The van der Waals surface area contributed by atoms with E-state index in [2.05, 4.69) is 0 Å². The van der Waals surface area contributed by atoms with Crippen molar-refractivity contribution in [2.45, 2.75) is 38.1 Å². The summed E-state index contributed by atoms with van der Waals surface area (Å²) in [5.41, 5.74) is 0.0746. The Bertz CT molecular complexity index is 509. The summed E-state index contributed by atoms with van der Waals surface area (Å²) < 4.78 is 5.40. The smallest absolute Gasteiger partial charge is 0.339 e. The van der Waals surface area contributed by atoms with Gasteiger partial charge in [0.05, 0.1) is 0 Å². The molecular formula is C16H21NO4. The molecule has 2 rings (SSSR count). The lowest BCUT2D eigenvalue weighted by atomic mass is 9.94. The van der Waals surface area contributed by atoms with Crippen LogP contribution in [-0.4, -0.2) is 41.6 Å². The van der Waals surface area contributed by atoms with Crippen molar-refractivity contribution in [3.8, 4) is 5.75 Å². The molecule has 0 radical (unpaired) electrons. The molecule has 5 heteroatoms. The molecular weight excluding hydrogens is 270 g/mol. The summed E-state index contributed by atoms with van der Waals surface area (Å²) in [5.74, 6) is -0.934. The van der Waals surface area contributed by atoms with Gasteiger partial charge in [0.2, 0.25) is 0 Å². The maximum atomic E-state index is 12.2. The molecule has 0 aromatic heterocycles. The van der Waals surface area contributed by atoms with E-state index in [1.165, 1.54) is 12.5 Å². The van der Waals surface area contributed by atoms with E-state index in [1.54, 1.807) is 30.1 Å². The van der Waals surface area contributed by atoms with E-state index in [0.29, 0.717) is 0 Å². The van der Waals surface area contributed by atoms with Crippen LogP contribution >= 0.6 is 0 Å². The van der Waals surface area contributed by atoms with Gasteiger partial charge >= 0.3 is 5.97 Å². The Morgan fingerprint density at radius 2 is 1.90 bits per heavy atom. The summed E-state index contributed by atoms with van der Waals surface area (Å²) in [6.07, 6.45) is 5.62. The first-order valence-corrected chi connectivity index (χ1v) is 7.30. The van der Waals surface area contributed by atoms with Gasteiger partial charge in [-0.1, -0.05) is 31.4 Å². The number of carboxylic acid groups (broad SMARTS) is 1. The van der Waals surface area contributed by atoms with Crippen molar-refractivity contribution in [3.05, 3.63) is 29.8 Å². The van der Waals surface area contributed by atoms with Gasteiger partial charge < -0.3 is 14.7 Å². The van der Waals surface area contributed by atoms with Crippen LogP contribution in [-0.2, 0) is 4.79 Å². The predicted octanol–water partition coefficient (Wildman–Crippen LogP) is 2.55. The van der Waals surface area contributed by atoms with Crippen molar-refractivity contribution < 1.29 is 19.4 Å². The van der Waals surface area contributed by atoms with E-state index in [-0.39, 0.29) is 29.9 Å². The van der Waals surface area contributed by atoms with Crippen LogP contribution in [0, 0.1) is 0 Å². The highest BCUT2D eigenvalue weighted by Gasteiger charge is 2.22. The number of rotatable bonds is 5. The van der Waals surface area contributed by atoms with E-state index < -0.39 is 5.97 Å². The number of hydrogen-bond donors (Lipinski definition) is 1. The second-order valence-corrected chi connectivity index (χ2v) is 5.39. The summed E-state index contributed by atoms with van der Waals surface area (Å²) in [5, 5.41) is 9.07. The average molecular weight is 291 g/mol. The molecule has 5 nitrogen and oxygen atoms in total. The Kier molecular flexibility index (Phi) is 5.20. The van der Waals surface area contributed by atoms with Crippen molar-refractivity contribution >= 4 is 11.9 Å². The molecule has 1 fully saturated rings. The van der Waals surface area contributed by atoms with Crippen LogP contribution in [0.5, 0.6) is 5.75 Å². The molecule has 1 aliphatic carbocycles. The number of para-hydroxylation sites is 1. The van der Waals surface area contributed by atoms with E-state index in [4.69, 9.17) is 9.84 Å². The first kappa shape index (κ1) is 15.4. The number of carbonyl (C=O) groups is 2. The van der Waals surface area contributed by atoms with Crippen molar-refractivity contribution in [1.29, 1.82) is 0 Å². The number of nitrogens with zero attached hydrogens (tertiary/aromatic N) is 1. The summed E-state index contributed by atoms with van der Waals surface area (Å²) in [4.78, 5) is 25.0. The monoisotopic (exact) mass is 291 g/mol. The molecule has 0 bridgehead atoms. The highest BCUT2D eigenvalue weighted by Crippen LogP contribution is 2.22. The average Bonchev–Trinajstić information content (AvgIpc) is 2.52. The molecule has 0 aliphatic heterocycles. The highest BCUT2D eigenvalue weighted by molar-refractivity contribution is 5.91. The Hall–Kier alpha value is -2.04. The maximum absolute atomic E-state index is 12.2. The molecule has 0 spiro atoms. The van der Waals surface area contributed by atoms with E-state index in [9.17, 15) is 9.59 Å². The lowest BCUT2D eigenvalue weighted by Gasteiger charge is -2.31. The van der Waals surface area contributed by atoms with Crippen LogP contribution in [0.1, 0.15) is 42.5 Å². The molecule has 1 aromatic rings. The zero-order valence-corrected chi connectivity index (χ0v) is 12.2. The number of ether oxygens (including phenoxy) is 1. The highest BCUT2D eigenvalue weighted by atomic mass is 16.5. The van der Waals surface area contributed by atoms with Crippen LogP contribution < -0.4 is 4.74 Å². The van der Waals surface area contributed by atoms with E-state index in [0.717, 1.165) is 25.7 Å². The molecule has 114 valence electrons. The maximum Gasteiger partial charge on any atom is 0.339 e. The van der Waals surface area contributed by atoms with E-state index >= 15 is 0 Å². The van der Waals surface area contributed by atoms with Crippen LogP contribution in [0.4, 0.5) is 0 Å². The predicted molar refractivity (Wildman–Crippen MR) is 78.5 cm³/mol. The van der Waals surface area contributed by atoms with Crippen molar-refractivity contribution in [3.63, 3.8) is 0 Å². The fourth-order valence-electron chi connectivity index (χ4n) is 2.68. The first-order valence-electron chi connectivity index (χ1n) is 7.30. The standard InChI is InChI=1S/C16H21NO4/c1-17(12-7-3-2-4-8-12)15(18)11-21-14-10-6-5-9-13(14)16(19)20/h5-6,9-10,12H,2-4,7-8,11H2,1H3,(H,19,20). The van der Waals surface area contributed by atoms with Crippen molar-refractivity contribution in [2.75, 3.05) is 13.7 Å². The summed E-state index contributed by atoms with van der Waals surface area (Å²) in [6, 6.07) is 6.64. The minimum absolute atomic E-state index is 0.0746. The number of carboxylic acids is 1. The Morgan fingerprint density at radius 3 is 2.57 bits per heavy atom. The molecule has 1 aliphatic rings. The fraction of sp³-hybridized carbons (Fsp3) is 0.500. The first-order chi connectivity index (χ1) is 10.1. The number of benzene rings is 1. The van der Waals surface area contributed by atoms with Crippen LogP contribution in [0.15, 0.2) is 24.3 Å². The van der Waals surface area contributed by atoms with Gasteiger partial charge in [0.15, 0.2) is 6.61 Å². The molecule has 0 saturated heterocycles. The summed E-state index contributed by atoms with van der Waals surface area (Å²) in [6.45, 7) is -0.128. The quantitative estimate of drug-likeness (QED) is 0.905. The van der Waals surface area contributed by atoms with E-state index in [1.807, 2.05) is 0 Å². The van der Waals surface area contributed by atoms with Crippen molar-refractivity contribution in [1.82, 2.24) is 4.90 Å². The molecule has 1 N–H and O–H groups in total. The molecule has 1 aromatic carbocycles. The third kappa shape index (κ3) is 3.97. The third-order valence-corrected chi connectivity index (χ3v) is 3.98. The second kappa shape index (κ2) is 7.11. The molecule has 0 heterocycles. The van der Waals surface area contributed by atoms with Gasteiger partial charge in [-0.2, -0.15) is 0 Å². The van der Waals surface area contributed by atoms with Gasteiger partial charge in [-0.15, -0.1) is 0 Å². The number of likely N-dealkylation sites (N-methyl/N-ethyl adjacent to an activating group) is 1. The zero-order chi connectivity index (χ0) is 15.2. The van der Waals surface area contributed by atoms with Crippen LogP contribution in [0.2, 0.25) is 0 Å². The van der Waals surface area contributed by atoms with Gasteiger partial charge in [-0.3, -0.25) is 4.79 Å². The van der Waals surface area contributed by atoms with Crippen LogP contribution in [0.3, 0.4) is 0 Å². The lowest BCUT2D eigenvalue weighted by molar-refractivity contribution is -0.134. The van der Waals surface area contributed by atoms with Gasteiger partial charge in [0, 0.05) is 13.1 Å². The lowest BCUT2D eigenvalue weighted by Crippen LogP contribution is -2.40. The molecule has 0 atom stereocenters. The normalized spacial score (nSPS) is 15.5. The topological polar surface area (TPSA) is 66.8 Å². The molecule has 0 unspecified atom stereocenters. The number of hydrogen-bond acceptors (Lipinski definition) is 3. The van der Waals surface area contributed by atoms with Gasteiger partial charge in [-0.05, 0) is 25.0 Å². The Labute approximate surface area is 124 Å². The minimum Gasteiger partial charge on any atom is -0.483 e. The van der Waals surface area contributed by atoms with Gasteiger partial charge in [-0.25, -0.2) is 4.79 Å². The summed E-state index contributed by atoms with van der Waals surface area (Å²) in [7, 11) is 1.80. The number of aromatic carboxylic acids is 1. The third-order valence-electron chi connectivity index (χ3n) is 3.98. The second-order valence-electron chi connectivity index (χ2n) is 5.39. The fourth-order valence-corrected chi connectivity index (χ4v) is 2.68. The SMILES string of the molecule is CN(C(=O)COc1ccccc1C(=O)O)C1CCCCC1. The number of carbonyl (C=O) groups excluding carboxylic acids is 1. The van der Waals surface area contributed by atoms with Crippen LogP contribution in [0.25, 0.3) is 0 Å². The molecule has 1 saturated carbocycles. The Balaban J connectivity index is 1.93. The largest absolute Gasteiger partial charge is 0.483 e. The van der Waals surface area contributed by atoms with Crippen molar-refractivity contribution in [2.24, 2.45) is 0 Å². The van der Waals surface area contributed by atoms with Gasteiger partial charge in [0.25, 0.3) is 5.91 Å². The summed E-state index contributed by atoms with van der Waals surface area (Å²) >= 11 is 0. The molecule has 21 heavy (non-hydrogen) atoms.